The molecule has 0 aliphatic heterocycles. The minimum atomic E-state index is -4.44. The highest BCUT2D eigenvalue weighted by atomic mass is 32.1. The van der Waals surface area contributed by atoms with E-state index < -0.39 is 17.7 Å². The van der Waals surface area contributed by atoms with Crippen LogP contribution in [-0.2, 0) is 32.0 Å². The van der Waals surface area contributed by atoms with Crippen LogP contribution in [0.3, 0.4) is 0 Å². The largest absolute Gasteiger partial charge is 0.464 e. The molecule has 0 aliphatic rings. The molecule has 0 unspecified atom stereocenters. The molecule has 0 amide bonds. The number of carbonyl (C=O) groups is 1. The summed E-state index contributed by atoms with van der Waals surface area (Å²) in [6.45, 7) is 1.49. The Morgan fingerprint density at radius 2 is 1.74 bits per heavy atom. The van der Waals surface area contributed by atoms with Gasteiger partial charge in [-0.3, -0.25) is 0 Å². The number of hydrogen-bond donors (Lipinski definition) is 2. The molecule has 0 spiro atoms. The molecule has 0 fully saturated rings. The number of thiol groups is 1. The molecule has 31 heavy (non-hydrogen) atoms. The lowest BCUT2D eigenvalue weighted by molar-refractivity contribution is -0.137. The van der Waals surface area contributed by atoms with Gasteiger partial charge in [0.1, 0.15) is 13.7 Å². The van der Waals surface area contributed by atoms with Crippen molar-refractivity contribution < 1.29 is 36.9 Å². The Kier molecular flexibility index (Phi) is 10.6. The predicted molar refractivity (Wildman–Crippen MR) is 112 cm³/mol. The van der Waals surface area contributed by atoms with Crippen LogP contribution in [-0.4, -0.2) is 36.2 Å². The third-order valence-electron chi connectivity index (χ3n) is 3.86. The van der Waals surface area contributed by atoms with Crippen molar-refractivity contribution in [2.75, 3.05) is 14.2 Å². The van der Waals surface area contributed by atoms with Crippen molar-refractivity contribution in [2.45, 2.75) is 19.7 Å². The fourth-order valence-corrected chi connectivity index (χ4v) is 2.43. The molecule has 0 saturated carbocycles. The summed E-state index contributed by atoms with van der Waals surface area (Å²) in [5.41, 5.74) is 0.722. The summed E-state index contributed by atoms with van der Waals surface area (Å²) in [5.74, 6) is -0.692. The van der Waals surface area contributed by atoms with Crippen molar-refractivity contribution >= 4 is 30.3 Å². The van der Waals surface area contributed by atoms with E-state index in [0.717, 1.165) is 12.1 Å². The molecule has 2 aromatic rings. The van der Waals surface area contributed by atoms with E-state index in [2.05, 4.69) is 23.2 Å². The lowest BCUT2D eigenvalue weighted by atomic mass is 10.0. The van der Waals surface area contributed by atoms with Crippen molar-refractivity contribution in [3.63, 3.8) is 0 Å². The molecule has 0 atom stereocenters. The maximum atomic E-state index is 12.9. The zero-order chi connectivity index (χ0) is 23.4. The second-order valence-corrected chi connectivity index (χ2v) is 5.80. The van der Waals surface area contributed by atoms with Gasteiger partial charge in [0, 0.05) is 11.1 Å². The topological polar surface area (TPSA) is 89.7 Å². The van der Waals surface area contributed by atoms with Crippen molar-refractivity contribution in [1.29, 1.82) is 0 Å². The van der Waals surface area contributed by atoms with Gasteiger partial charge >= 0.3 is 12.1 Å². The molecule has 168 valence electrons. The van der Waals surface area contributed by atoms with Gasteiger partial charge in [-0.1, -0.05) is 46.7 Å². The highest BCUT2D eigenvalue weighted by Crippen LogP contribution is 2.29. The number of halogens is 3. The lowest BCUT2D eigenvalue weighted by Crippen LogP contribution is -2.19. The van der Waals surface area contributed by atoms with Gasteiger partial charge in [-0.25, -0.2) is 4.79 Å². The molecule has 0 radical (unpaired) electrons. The molecular formula is C20H21F3N2O5S. The zero-order valence-electron chi connectivity index (χ0n) is 16.9. The number of esters is 1. The Hall–Kier alpha value is -3.05. The standard InChI is InChI=1S/C20H19F3N2O4.H2OS/c1-13(14-8-6-9-16(11-14)20(21,22)23)24-29-12-15-7-4-5-10-17(15)18(25-28-3)19(26)27-2;1-2/h4-11H,12H2,1-3H3;1-2H/b24-13+,25-18+;. The van der Waals surface area contributed by atoms with Crippen molar-refractivity contribution in [1.82, 2.24) is 0 Å². The average Bonchev–Trinajstić information content (AvgIpc) is 2.78. The smallest absolute Gasteiger partial charge is 0.416 e. The van der Waals surface area contributed by atoms with Crippen LogP contribution in [0.5, 0.6) is 0 Å². The summed E-state index contributed by atoms with van der Waals surface area (Å²) in [4.78, 5) is 21.9. The molecule has 7 nitrogen and oxygen atoms in total. The Morgan fingerprint density at radius 3 is 2.35 bits per heavy atom. The Balaban J connectivity index is 0.00000233. The van der Waals surface area contributed by atoms with Crippen LogP contribution in [0.2, 0.25) is 0 Å². The lowest BCUT2D eigenvalue weighted by Gasteiger charge is -2.10. The third kappa shape index (κ3) is 7.61. The average molecular weight is 458 g/mol. The van der Waals surface area contributed by atoms with Crippen molar-refractivity contribution in [3.8, 4) is 0 Å². The van der Waals surface area contributed by atoms with Crippen molar-refractivity contribution in [2.24, 2.45) is 10.3 Å². The fourth-order valence-electron chi connectivity index (χ4n) is 2.43. The first-order valence-corrected chi connectivity index (χ1v) is 8.99. The number of rotatable bonds is 7. The quantitative estimate of drug-likeness (QED) is 0.209. The molecular weight excluding hydrogens is 437 g/mol. The summed E-state index contributed by atoms with van der Waals surface area (Å²) < 4.78 is 50.0. The summed E-state index contributed by atoms with van der Waals surface area (Å²) in [6.07, 6.45) is -4.44. The Labute approximate surface area is 182 Å². The van der Waals surface area contributed by atoms with E-state index in [1.54, 1.807) is 24.3 Å². The number of oxime groups is 2. The van der Waals surface area contributed by atoms with E-state index in [1.165, 1.54) is 33.3 Å². The first kappa shape index (κ1) is 26.0. The van der Waals surface area contributed by atoms with Gasteiger partial charge in [-0.2, -0.15) is 13.2 Å². The second-order valence-electron chi connectivity index (χ2n) is 5.80. The van der Waals surface area contributed by atoms with Crippen LogP contribution in [0.25, 0.3) is 0 Å². The Morgan fingerprint density at radius 1 is 1.06 bits per heavy atom. The van der Waals surface area contributed by atoms with Crippen LogP contribution in [0, 0.1) is 0 Å². The number of ether oxygens (including phenoxy) is 1. The molecule has 1 N–H and O–H groups in total. The highest BCUT2D eigenvalue weighted by Gasteiger charge is 2.30. The number of benzene rings is 2. The maximum absolute atomic E-state index is 12.9. The summed E-state index contributed by atoms with van der Waals surface area (Å²) in [7, 11) is 2.51. The van der Waals surface area contributed by atoms with Crippen LogP contribution < -0.4 is 0 Å². The van der Waals surface area contributed by atoms with Crippen molar-refractivity contribution in [3.05, 3.63) is 70.8 Å². The highest BCUT2D eigenvalue weighted by molar-refractivity contribution is 7.74. The summed E-state index contributed by atoms with van der Waals surface area (Å²) in [5, 5.41) is 7.58. The van der Waals surface area contributed by atoms with Crippen LogP contribution in [0.15, 0.2) is 58.8 Å². The van der Waals surface area contributed by atoms with Crippen LogP contribution >= 0.6 is 12.9 Å². The van der Waals surface area contributed by atoms with Gasteiger partial charge < -0.3 is 19.0 Å². The van der Waals surface area contributed by atoms with Gasteiger partial charge in [0.05, 0.1) is 18.4 Å². The van der Waals surface area contributed by atoms with Gasteiger partial charge in [-0.05, 0) is 37.5 Å². The first-order chi connectivity index (χ1) is 14.8. The molecule has 0 heterocycles. The van der Waals surface area contributed by atoms with Crippen LogP contribution in [0.1, 0.15) is 29.2 Å². The molecule has 0 bridgehead atoms. The van der Waals surface area contributed by atoms with Gasteiger partial charge in [-0.15, -0.1) is 0 Å². The van der Waals surface area contributed by atoms with E-state index in [4.69, 9.17) is 19.0 Å². The van der Waals surface area contributed by atoms with E-state index in [9.17, 15) is 18.0 Å². The van der Waals surface area contributed by atoms with E-state index in [1.807, 2.05) is 0 Å². The summed E-state index contributed by atoms with van der Waals surface area (Å²) >= 11 is 2.53. The molecule has 0 aliphatic carbocycles. The normalized spacial score (nSPS) is 11.9. The second kappa shape index (κ2) is 12.6. The number of alkyl halides is 3. The molecule has 0 aromatic heterocycles. The minimum Gasteiger partial charge on any atom is -0.464 e. The first-order valence-electron chi connectivity index (χ1n) is 8.59. The van der Waals surface area contributed by atoms with E-state index in [-0.39, 0.29) is 23.6 Å². The Bertz CT molecular complexity index is 933. The van der Waals surface area contributed by atoms with Gasteiger partial charge in [0.25, 0.3) is 0 Å². The SMILES string of the molecule is CO/N=C(/C(=O)OC)c1ccccc1CO/N=C(\C)c1cccc(C(F)(F)F)c1.OS. The van der Waals surface area contributed by atoms with E-state index >= 15 is 0 Å². The summed E-state index contributed by atoms with van der Waals surface area (Å²) in [6, 6.07) is 11.5. The predicted octanol–water partition coefficient (Wildman–Crippen LogP) is 4.56. The van der Waals surface area contributed by atoms with E-state index in [0.29, 0.717) is 11.1 Å². The molecule has 2 aromatic carbocycles. The maximum Gasteiger partial charge on any atom is 0.416 e. The molecule has 11 heteroatoms. The zero-order valence-corrected chi connectivity index (χ0v) is 17.8. The van der Waals surface area contributed by atoms with Crippen LogP contribution in [0.4, 0.5) is 13.2 Å². The number of hydrogen-bond acceptors (Lipinski definition) is 8. The molecule has 2 rings (SSSR count). The third-order valence-corrected chi connectivity index (χ3v) is 3.86. The number of methoxy groups -OCH3 is 1. The molecule has 0 saturated heterocycles. The van der Waals surface area contributed by atoms with Gasteiger partial charge in [0.2, 0.25) is 0 Å². The number of carbonyl (C=O) groups excluding carboxylic acids is 1. The van der Waals surface area contributed by atoms with Gasteiger partial charge in [0.15, 0.2) is 5.71 Å². The monoisotopic (exact) mass is 458 g/mol. The fraction of sp³-hybridized carbons (Fsp3) is 0.250. The minimum absolute atomic E-state index is 0.0484. The number of nitrogens with zero attached hydrogens (tertiary/aromatic N) is 2.